The van der Waals surface area contributed by atoms with Crippen molar-refractivity contribution in [3.8, 4) is 0 Å². The number of rotatable bonds is 10. The van der Waals surface area contributed by atoms with Crippen LogP contribution in [-0.4, -0.2) is 35.6 Å². The average Bonchev–Trinajstić information content (AvgIpc) is 2.82. The van der Waals surface area contributed by atoms with E-state index in [4.69, 9.17) is 23.2 Å². The third-order valence-electron chi connectivity index (χ3n) is 5.17. The first-order valence-corrected chi connectivity index (χ1v) is 12.5. The molecule has 0 fully saturated rings. The molecule has 2 amide bonds. The fraction of sp³-hybridized carbons (Fsp3) is 0.231. The van der Waals surface area contributed by atoms with E-state index in [1.165, 1.54) is 11.8 Å². The summed E-state index contributed by atoms with van der Waals surface area (Å²) < 4.78 is 0. The van der Waals surface area contributed by atoms with E-state index in [2.05, 4.69) is 5.32 Å². The molecule has 3 aromatic rings. The Morgan fingerprint density at radius 2 is 1.58 bits per heavy atom. The van der Waals surface area contributed by atoms with E-state index >= 15 is 0 Å². The molecule has 0 spiro atoms. The summed E-state index contributed by atoms with van der Waals surface area (Å²) in [5, 5.41) is 4.03. The van der Waals surface area contributed by atoms with Crippen molar-refractivity contribution >= 4 is 46.8 Å². The predicted octanol–water partition coefficient (Wildman–Crippen LogP) is 5.61. The minimum atomic E-state index is -0.632. The minimum Gasteiger partial charge on any atom is -0.357 e. The van der Waals surface area contributed by atoms with Crippen molar-refractivity contribution in [2.45, 2.75) is 24.8 Å². The zero-order valence-corrected chi connectivity index (χ0v) is 20.7. The van der Waals surface area contributed by atoms with E-state index in [1.54, 1.807) is 24.1 Å². The Labute approximate surface area is 209 Å². The van der Waals surface area contributed by atoms with Gasteiger partial charge in [0.2, 0.25) is 11.8 Å². The lowest BCUT2D eigenvalue weighted by atomic mass is 10.0. The lowest BCUT2D eigenvalue weighted by Crippen LogP contribution is -2.50. The fourth-order valence-corrected chi connectivity index (χ4v) is 4.67. The Balaban J connectivity index is 1.80. The molecule has 1 N–H and O–H groups in total. The average molecular weight is 501 g/mol. The first-order valence-electron chi connectivity index (χ1n) is 10.6. The molecule has 0 radical (unpaired) electrons. The quantitative estimate of drug-likeness (QED) is 0.393. The molecule has 0 heterocycles. The molecule has 0 aliphatic carbocycles. The summed E-state index contributed by atoms with van der Waals surface area (Å²) in [4.78, 5) is 28.0. The Morgan fingerprint density at radius 3 is 2.24 bits per heavy atom. The van der Waals surface area contributed by atoms with Crippen molar-refractivity contribution < 1.29 is 9.59 Å². The van der Waals surface area contributed by atoms with E-state index in [0.717, 1.165) is 16.7 Å². The zero-order chi connectivity index (χ0) is 23.6. The number of likely N-dealkylation sites (N-methyl/N-ethyl adjacent to an activating group) is 1. The molecule has 33 heavy (non-hydrogen) atoms. The largest absolute Gasteiger partial charge is 0.357 e. The van der Waals surface area contributed by atoms with Crippen LogP contribution in [0.4, 0.5) is 0 Å². The van der Waals surface area contributed by atoms with Crippen LogP contribution in [0, 0.1) is 0 Å². The molecule has 0 saturated heterocycles. The number of carbonyl (C=O) groups excluding carboxylic acids is 2. The normalized spacial score (nSPS) is 11.6. The van der Waals surface area contributed by atoms with Gasteiger partial charge in [0.15, 0.2) is 0 Å². The molecular formula is C26H26Cl2N2O2S. The summed E-state index contributed by atoms with van der Waals surface area (Å²) >= 11 is 13.6. The first-order chi connectivity index (χ1) is 16.0. The van der Waals surface area contributed by atoms with Crippen molar-refractivity contribution in [1.29, 1.82) is 0 Å². The third kappa shape index (κ3) is 7.81. The number of nitrogens with one attached hydrogen (secondary N) is 1. The van der Waals surface area contributed by atoms with Crippen LogP contribution >= 0.6 is 35.0 Å². The summed E-state index contributed by atoms with van der Waals surface area (Å²) in [7, 11) is 1.60. The second-order valence-electron chi connectivity index (χ2n) is 7.59. The topological polar surface area (TPSA) is 49.4 Å². The van der Waals surface area contributed by atoms with Gasteiger partial charge in [-0.3, -0.25) is 9.59 Å². The van der Waals surface area contributed by atoms with Crippen LogP contribution in [0.1, 0.15) is 16.7 Å². The van der Waals surface area contributed by atoms with Gasteiger partial charge in [0.05, 0.1) is 5.75 Å². The molecular weight excluding hydrogens is 475 g/mol. The number of thioether (sulfide) groups is 1. The number of hydrogen-bond acceptors (Lipinski definition) is 3. The number of hydrogen-bond donors (Lipinski definition) is 1. The van der Waals surface area contributed by atoms with Gasteiger partial charge >= 0.3 is 0 Å². The summed E-state index contributed by atoms with van der Waals surface area (Å²) in [6, 6.07) is 24.0. The van der Waals surface area contributed by atoms with Gasteiger partial charge in [0.25, 0.3) is 0 Å². The maximum Gasteiger partial charge on any atom is 0.242 e. The van der Waals surface area contributed by atoms with Crippen LogP contribution in [0.25, 0.3) is 0 Å². The van der Waals surface area contributed by atoms with Crippen LogP contribution in [0.3, 0.4) is 0 Å². The van der Waals surface area contributed by atoms with Gasteiger partial charge in [0.1, 0.15) is 6.04 Å². The highest BCUT2D eigenvalue weighted by Gasteiger charge is 2.29. The van der Waals surface area contributed by atoms with Gasteiger partial charge in [-0.1, -0.05) is 77.8 Å². The van der Waals surface area contributed by atoms with Crippen LogP contribution in [0.2, 0.25) is 10.0 Å². The lowest BCUT2D eigenvalue weighted by Gasteiger charge is -2.31. The SMILES string of the molecule is CNC(=O)[C@H](Cc1ccccc1)N(Cc1ccc(Cl)cc1)C(=O)CSCc1cccc(Cl)c1. The molecule has 4 nitrogen and oxygen atoms in total. The van der Waals surface area contributed by atoms with Crippen LogP contribution in [0.5, 0.6) is 0 Å². The summed E-state index contributed by atoms with van der Waals surface area (Å²) in [6.45, 7) is 0.318. The van der Waals surface area contributed by atoms with Crippen molar-refractivity contribution in [2.75, 3.05) is 12.8 Å². The van der Waals surface area contributed by atoms with Crippen LogP contribution < -0.4 is 5.32 Å². The maximum absolute atomic E-state index is 13.4. The highest BCUT2D eigenvalue weighted by Crippen LogP contribution is 2.20. The Kier molecular flexibility index (Phi) is 9.67. The highest BCUT2D eigenvalue weighted by molar-refractivity contribution is 7.99. The smallest absolute Gasteiger partial charge is 0.242 e. The zero-order valence-electron chi connectivity index (χ0n) is 18.3. The van der Waals surface area contributed by atoms with Crippen molar-refractivity contribution in [1.82, 2.24) is 10.2 Å². The molecule has 3 aromatic carbocycles. The van der Waals surface area contributed by atoms with Gasteiger partial charge in [-0.05, 0) is 41.0 Å². The van der Waals surface area contributed by atoms with Gasteiger partial charge in [-0.25, -0.2) is 0 Å². The van der Waals surface area contributed by atoms with E-state index < -0.39 is 6.04 Å². The molecule has 0 bridgehead atoms. The second kappa shape index (κ2) is 12.7. The van der Waals surface area contributed by atoms with Crippen molar-refractivity contribution in [3.05, 3.63) is 106 Å². The number of halogens is 2. The number of amides is 2. The van der Waals surface area contributed by atoms with Crippen molar-refractivity contribution in [2.24, 2.45) is 0 Å². The van der Waals surface area contributed by atoms with Crippen molar-refractivity contribution in [3.63, 3.8) is 0 Å². The van der Waals surface area contributed by atoms with E-state index in [0.29, 0.717) is 28.8 Å². The second-order valence-corrected chi connectivity index (χ2v) is 9.45. The standard InChI is InChI=1S/C26H26Cl2N2O2S/c1-29-26(32)24(15-19-6-3-2-4-7-19)30(16-20-10-12-22(27)13-11-20)25(31)18-33-17-21-8-5-9-23(28)14-21/h2-14,24H,15-18H2,1H3,(H,29,32)/t24-/m0/s1. The Hall–Kier alpha value is -2.47. The lowest BCUT2D eigenvalue weighted by molar-refractivity contribution is -0.139. The Bertz CT molecular complexity index is 1060. The third-order valence-corrected chi connectivity index (χ3v) is 6.64. The van der Waals surface area contributed by atoms with Crippen LogP contribution in [-0.2, 0) is 28.3 Å². The summed E-state index contributed by atoms with van der Waals surface area (Å²) in [5.41, 5.74) is 2.96. The summed E-state index contributed by atoms with van der Waals surface area (Å²) in [5.74, 6) is 0.620. The molecule has 3 rings (SSSR count). The maximum atomic E-state index is 13.4. The summed E-state index contributed by atoms with van der Waals surface area (Å²) in [6.07, 6.45) is 0.429. The molecule has 0 aliphatic heterocycles. The van der Waals surface area contributed by atoms with E-state index in [9.17, 15) is 9.59 Å². The van der Waals surface area contributed by atoms with Crippen LogP contribution in [0.15, 0.2) is 78.9 Å². The molecule has 0 saturated carbocycles. The molecule has 0 aromatic heterocycles. The van der Waals surface area contributed by atoms with E-state index in [-0.39, 0.29) is 17.6 Å². The fourth-order valence-electron chi connectivity index (χ4n) is 3.47. The first kappa shape index (κ1) is 25.2. The highest BCUT2D eigenvalue weighted by atomic mass is 35.5. The van der Waals surface area contributed by atoms with Gasteiger partial charge in [0, 0.05) is 35.8 Å². The number of carbonyl (C=O) groups is 2. The molecule has 7 heteroatoms. The van der Waals surface area contributed by atoms with Gasteiger partial charge < -0.3 is 10.2 Å². The monoisotopic (exact) mass is 500 g/mol. The predicted molar refractivity (Wildman–Crippen MR) is 138 cm³/mol. The molecule has 1 atom stereocenters. The Morgan fingerprint density at radius 1 is 0.879 bits per heavy atom. The minimum absolute atomic E-state index is 0.0958. The molecule has 172 valence electrons. The molecule has 0 aliphatic rings. The van der Waals surface area contributed by atoms with Gasteiger partial charge in [-0.2, -0.15) is 0 Å². The van der Waals surface area contributed by atoms with E-state index in [1.807, 2.05) is 66.7 Å². The number of benzene rings is 3. The van der Waals surface area contributed by atoms with Gasteiger partial charge in [-0.15, -0.1) is 11.8 Å². The number of nitrogens with zero attached hydrogens (tertiary/aromatic N) is 1. The molecule has 0 unspecified atom stereocenters.